The minimum absolute atomic E-state index is 0. The minimum atomic E-state index is -3.97. The molecule has 3 aromatic rings. The van der Waals surface area contributed by atoms with Crippen LogP contribution in [0.5, 0.6) is 0 Å². The molecule has 3 fully saturated rings. The van der Waals surface area contributed by atoms with Gasteiger partial charge in [-0.2, -0.15) is 12.7 Å². The van der Waals surface area contributed by atoms with Gasteiger partial charge in [-0.05, 0) is 60.9 Å². The van der Waals surface area contributed by atoms with Crippen molar-refractivity contribution in [2.24, 2.45) is 5.92 Å². The molecule has 10 nitrogen and oxygen atoms in total. The monoisotopic (exact) mass is 645 g/mol. The first-order valence-electron chi connectivity index (χ1n) is 16.4. The zero-order chi connectivity index (χ0) is 32.2. The highest BCUT2D eigenvalue weighted by atomic mass is 32.2. The second-order valence-electron chi connectivity index (χ2n) is 13.3. The molecule has 7 rings (SSSR count). The maximum absolute atomic E-state index is 14.2. The van der Waals surface area contributed by atoms with E-state index < -0.39 is 16.1 Å². The van der Waals surface area contributed by atoms with E-state index in [1.165, 1.54) is 26.1 Å². The third kappa shape index (κ3) is 5.64. The van der Waals surface area contributed by atoms with Crippen molar-refractivity contribution in [2.75, 3.05) is 40.3 Å². The lowest BCUT2D eigenvalue weighted by molar-refractivity contribution is -0.138. The lowest BCUT2D eigenvalue weighted by Crippen LogP contribution is -2.51. The van der Waals surface area contributed by atoms with Crippen molar-refractivity contribution < 1.29 is 24.2 Å². The summed E-state index contributed by atoms with van der Waals surface area (Å²) < 4.78 is 30.3. The van der Waals surface area contributed by atoms with Crippen LogP contribution in [0.1, 0.15) is 73.8 Å². The number of benzene rings is 2. The number of piperazine rings is 1. The first kappa shape index (κ1) is 30.7. The first-order valence-corrected chi connectivity index (χ1v) is 17.8. The van der Waals surface area contributed by atoms with Crippen LogP contribution in [0.25, 0.3) is 28.2 Å². The van der Waals surface area contributed by atoms with Crippen LogP contribution in [0.15, 0.2) is 48.0 Å². The number of carbonyl (C=O) groups excluding carboxylic acids is 3. The highest BCUT2D eigenvalue weighted by molar-refractivity contribution is 7.87. The predicted octanol–water partition coefficient (Wildman–Crippen LogP) is 4.62. The molecule has 1 aromatic heterocycles. The number of carbonyl (C=O) groups is 3. The van der Waals surface area contributed by atoms with E-state index in [9.17, 15) is 22.8 Å². The number of hydrogen-bond acceptors (Lipinski definition) is 5. The largest absolute Gasteiger partial charge is 0.339 e. The molecule has 46 heavy (non-hydrogen) atoms. The third-order valence-electron chi connectivity index (χ3n) is 10.0. The number of fused-ring (bicyclic) bond motifs is 5. The van der Waals surface area contributed by atoms with E-state index >= 15 is 0 Å². The zero-order valence-corrected chi connectivity index (χ0v) is 27.3. The van der Waals surface area contributed by atoms with Crippen LogP contribution < -0.4 is 4.72 Å². The third-order valence-corrected chi connectivity index (χ3v) is 11.4. The highest BCUT2D eigenvalue weighted by Gasteiger charge is 2.36. The standard InChI is InChI=1S/C35H41N5O5S.H2/c1-37(2)46(44,45)36-33(41)26-14-15-29-30(21-26)40-22-27(35(43)39-18-16-38(17-19-39)34(42)24-12-13-24)20-25-10-6-7-11-28(25)32(40)31(29)23-8-4-3-5-9-23;/h6-7,10-11,14-15,20-21,23-24H,3-5,8-9,12-13,16-19,22H2,1-2H3,(H,36,41);1H. The molecule has 2 aliphatic carbocycles. The molecule has 0 atom stereocenters. The fraction of sp³-hybridized carbons (Fsp3) is 0.457. The fourth-order valence-corrected chi connectivity index (χ4v) is 7.87. The number of nitrogens with zero attached hydrogens (tertiary/aromatic N) is 4. The van der Waals surface area contributed by atoms with Gasteiger partial charge in [-0.3, -0.25) is 14.4 Å². The van der Waals surface area contributed by atoms with Gasteiger partial charge in [0.2, 0.25) is 5.91 Å². The lowest BCUT2D eigenvalue weighted by Gasteiger charge is -2.35. The fourth-order valence-electron chi connectivity index (χ4n) is 7.34. The molecule has 3 heterocycles. The summed E-state index contributed by atoms with van der Waals surface area (Å²) in [6, 6.07) is 13.6. The Morgan fingerprint density at radius 3 is 2.28 bits per heavy atom. The molecule has 0 radical (unpaired) electrons. The van der Waals surface area contributed by atoms with Crippen LogP contribution in [0.2, 0.25) is 0 Å². The van der Waals surface area contributed by atoms with Gasteiger partial charge in [0, 0.05) is 75.2 Å². The summed E-state index contributed by atoms with van der Waals surface area (Å²) in [6.07, 6.45) is 9.59. The molecular formula is C35H43N5O5S. The average Bonchev–Trinajstić information content (AvgIpc) is 3.88. The quantitative estimate of drug-likeness (QED) is 0.421. The normalized spacial score (nSPS) is 19.0. The van der Waals surface area contributed by atoms with Crippen molar-refractivity contribution in [1.82, 2.24) is 23.4 Å². The van der Waals surface area contributed by atoms with Crippen molar-refractivity contribution >= 4 is 44.9 Å². The van der Waals surface area contributed by atoms with E-state index in [4.69, 9.17) is 0 Å². The summed E-state index contributed by atoms with van der Waals surface area (Å²) in [4.78, 5) is 43.8. The van der Waals surface area contributed by atoms with Gasteiger partial charge in [0.1, 0.15) is 0 Å². The number of nitrogens with one attached hydrogen (secondary N) is 1. The van der Waals surface area contributed by atoms with Gasteiger partial charge in [-0.25, -0.2) is 4.72 Å². The molecule has 3 amide bonds. The SMILES string of the molecule is CN(C)S(=O)(=O)NC(=O)c1ccc2c(C3CCCCC3)c3n(c2c1)CC(C(=O)N1CCN(C(=O)C2CC2)CC1)=Cc1ccccc1-3.[HH]. The Hall–Kier alpha value is -3.96. The highest BCUT2D eigenvalue weighted by Crippen LogP contribution is 2.46. The van der Waals surface area contributed by atoms with Crippen LogP contribution in [0, 0.1) is 5.92 Å². The van der Waals surface area contributed by atoms with Gasteiger partial charge in [0.15, 0.2) is 0 Å². The Kier molecular flexibility index (Phi) is 8.01. The van der Waals surface area contributed by atoms with Crippen LogP contribution in [0.3, 0.4) is 0 Å². The van der Waals surface area contributed by atoms with E-state index in [1.54, 1.807) is 12.1 Å². The first-order chi connectivity index (χ1) is 22.1. The van der Waals surface area contributed by atoms with E-state index in [2.05, 4.69) is 21.4 Å². The minimum Gasteiger partial charge on any atom is -0.339 e. The van der Waals surface area contributed by atoms with Crippen LogP contribution in [-0.2, 0) is 26.3 Å². The maximum atomic E-state index is 14.2. The maximum Gasteiger partial charge on any atom is 0.303 e. The van der Waals surface area contributed by atoms with Gasteiger partial charge in [-0.15, -0.1) is 0 Å². The molecule has 2 aromatic carbocycles. The van der Waals surface area contributed by atoms with Gasteiger partial charge in [-0.1, -0.05) is 49.6 Å². The number of rotatable bonds is 6. The summed E-state index contributed by atoms with van der Waals surface area (Å²) in [5.74, 6) is -0.0366. The Labute approximate surface area is 271 Å². The molecule has 2 saturated carbocycles. The Morgan fingerprint density at radius 1 is 0.891 bits per heavy atom. The predicted molar refractivity (Wildman–Crippen MR) is 179 cm³/mol. The summed E-state index contributed by atoms with van der Waals surface area (Å²) >= 11 is 0. The second kappa shape index (κ2) is 12.0. The van der Waals surface area contributed by atoms with E-state index in [-0.39, 0.29) is 24.7 Å². The summed E-state index contributed by atoms with van der Waals surface area (Å²) in [5, 5.41) is 1.03. The molecule has 1 saturated heterocycles. The van der Waals surface area contributed by atoms with Gasteiger partial charge < -0.3 is 14.4 Å². The molecule has 4 aliphatic rings. The Morgan fingerprint density at radius 2 is 1.59 bits per heavy atom. The molecule has 0 bridgehead atoms. The molecule has 0 spiro atoms. The van der Waals surface area contributed by atoms with Crippen molar-refractivity contribution in [3.05, 3.63) is 64.7 Å². The summed E-state index contributed by atoms with van der Waals surface area (Å²) in [5.41, 5.74) is 6.01. The van der Waals surface area contributed by atoms with E-state index in [1.807, 2.05) is 34.1 Å². The van der Waals surface area contributed by atoms with Gasteiger partial charge in [0.25, 0.3) is 11.8 Å². The van der Waals surface area contributed by atoms with E-state index in [0.717, 1.165) is 70.6 Å². The molecule has 244 valence electrons. The summed E-state index contributed by atoms with van der Waals surface area (Å²) in [7, 11) is -1.23. The van der Waals surface area contributed by atoms with Crippen molar-refractivity contribution in [2.45, 2.75) is 57.4 Å². The average molecular weight is 646 g/mol. The topological polar surface area (TPSA) is 112 Å². The Bertz CT molecular complexity index is 1870. The smallest absolute Gasteiger partial charge is 0.303 e. The molecule has 0 unspecified atom stereocenters. The van der Waals surface area contributed by atoms with Crippen molar-refractivity contribution in [3.8, 4) is 11.3 Å². The second-order valence-corrected chi connectivity index (χ2v) is 15.2. The van der Waals surface area contributed by atoms with Gasteiger partial charge >= 0.3 is 10.2 Å². The molecule has 11 heteroatoms. The number of hydrogen-bond donors (Lipinski definition) is 1. The number of aromatic nitrogens is 1. The van der Waals surface area contributed by atoms with Gasteiger partial charge in [0.05, 0.1) is 12.2 Å². The molecule has 1 N–H and O–H groups in total. The molecular weight excluding hydrogens is 602 g/mol. The lowest BCUT2D eigenvalue weighted by atomic mass is 9.81. The summed E-state index contributed by atoms with van der Waals surface area (Å²) in [6.45, 7) is 2.39. The van der Waals surface area contributed by atoms with Crippen LogP contribution >= 0.6 is 0 Å². The zero-order valence-electron chi connectivity index (χ0n) is 26.5. The van der Waals surface area contributed by atoms with Crippen molar-refractivity contribution in [1.29, 1.82) is 0 Å². The van der Waals surface area contributed by atoms with Crippen molar-refractivity contribution in [3.63, 3.8) is 0 Å². The van der Waals surface area contributed by atoms with E-state index in [0.29, 0.717) is 44.2 Å². The van der Waals surface area contributed by atoms with Crippen LogP contribution in [-0.4, -0.2) is 85.1 Å². The number of amides is 3. The van der Waals surface area contributed by atoms with Crippen LogP contribution in [0.4, 0.5) is 0 Å². The Balaban J connectivity index is 0.00000386. The molecule has 2 aliphatic heterocycles.